The molecule has 0 spiro atoms. The van der Waals surface area contributed by atoms with Crippen molar-refractivity contribution in [3.8, 4) is 5.75 Å². The summed E-state index contributed by atoms with van der Waals surface area (Å²) in [4.78, 5) is 14.5. The molecule has 0 fully saturated rings. The molecular weight excluding hydrogens is 276 g/mol. The zero-order valence-electron chi connectivity index (χ0n) is 12.7. The topological polar surface area (TPSA) is 41.6 Å². The lowest BCUT2D eigenvalue weighted by Gasteiger charge is -2.23. The summed E-state index contributed by atoms with van der Waals surface area (Å²) in [6.45, 7) is 0.749. The number of hydrogen-bond donors (Lipinski definition) is 1. The fourth-order valence-corrected chi connectivity index (χ4v) is 2.77. The van der Waals surface area contributed by atoms with E-state index in [0.717, 1.165) is 42.9 Å². The van der Waals surface area contributed by atoms with E-state index in [-0.39, 0.29) is 6.03 Å². The minimum absolute atomic E-state index is 0.0838. The number of nitrogens with zero attached hydrogens (tertiary/aromatic N) is 1. The predicted octanol–water partition coefficient (Wildman–Crippen LogP) is 4.07. The smallest absolute Gasteiger partial charge is 0.326 e. The molecule has 0 aliphatic carbocycles. The number of urea groups is 1. The largest absolute Gasteiger partial charge is 0.497 e. The fraction of sp³-hybridized carbons (Fsp3) is 0.278. The zero-order valence-corrected chi connectivity index (χ0v) is 12.7. The van der Waals surface area contributed by atoms with Gasteiger partial charge in [0.1, 0.15) is 5.75 Å². The van der Waals surface area contributed by atoms with Gasteiger partial charge in [0.25, 0.3) is 0 Å². The molecule has 0 radical (unpaired) electrons. The van der Waals surface area contributed by atoms with Crippen molar-refractivity contribution >= 4 is 17.4 Å². The number of benzene rings is 2. The highest BCUT2D eigenvalue weighted by molar-refractivity contribution is 6.02. The number of fused-ring (bicyclic) bond motifs is 1. The minimum Gasteiger partial charge on any atom is -0.497 e. The number of aryl methyl sites for hydroxylation is 1. The van der Waals surface area contributed by atoms with E-state index in [1.165, 1.54) is 5.56 Å². The number of nitrogens with one attached hydrogen (secondary N) is 1. The van der Waals surface area contributed by atoms with Gasteiger partial charge in [-0.2, -0.15) is 0 Å². The maximum Gasteiger partial charge on any atom is 0.326 e. The first-order chi connectivity index (χ1) is 10.8. The van der Waals surface area contributed by atoms with Crippen molar-refractivity contribution in [2.45, 2.75) is 19.3 Å². The van der Waals surface area contributed by atoms with Crippen LogP contribution in [-0.4, -0.2) is 19.7 Å². The number of hydrogen-bond acceptors (Lipinski definition) is 2. The number of amides is 2. The number of carbonyl (C=O) groups excluding carboxylic acids is 1. The van der Waals surface area contributed by atoms with Crippen LogP contribution in [0.5, 0.6) is 5.75 Å². The van der Waals surface area contributed by atoms with E-state index in [2.05, 4.69) is 11.4 Å². The van der Waals surface area contributed by atoms with Gasteiger partial charge in [0, 0.05) is 17.9 Å². The SMILES string of the molecule is COc1ccc(NC(=O)N2CCCCc3ccccc32)cc1. The Balaban J connectivity index is 1.79. The van der Waals surface area contributed by atoms with Crippen LogP contribution in [0.3, 0.4) is 0 Å². The number of para-hydroxylation sites is 1. The third kappa shape index (κ3) is 3.06. The predicted molar refractivity (Wildman–Crippen MR) is 88.7 cm³/mol. The molecule has 4 heteroatoms. The highest BCUT2D eigenvalue weighted by Gasteiger charge is 2.20. The zero-order chi connectivity index (χ0) is 15.4. The minimum atomic E-state index is -0.0838. The number of rotatable bonds is 2. The quantitative estimate of drug-likeness (QED) is 0.907. The van der Waals surface area contributed by atoms with E-state index >= 15 is 0 Å². The highest BCUT2D eigenvalue weighted by atomic mass is 16.5. The third-order valence-electron chi connectivity index (χ3n) is 3.95. The molecule has 3 rings (SSSR count). The van der Waals surface area contributed by atoms with Crippen molar-refractivity contribution in [2.75, 3.05) is 23.9 Å². The third-order valence-corrected chi connectivity index (χ3v) is 3.95. The maximum atomic E-state index is 12.6. The fourth-order valence-electron chi connectivity index (χ4n) is 2.77. The summed E-state index contributed by atoms with van der Waals surface area (Å²) in [5.41, 5.74) is 3.03. The molecule has 4 nitrogen and oxygen atoms in total. The summed E-state index contributed by atoms with van der Waals surface area (Å²) in [7, 11) is 1.63. The molecular formula is C18H20N2O2. The van der Waals surface area contributed by atoms with Crippen LogP contribution < -0.4 is 15.0 Å². The second-order valence-electron chi connectivity index (χ2n) is 5.40. The Morgan fingerprint density at radius 3 is 2.64 bits per heavy atom. The second-order valence-corrected chi connectivity index (χ2v) is 5.40. The highest BCUT2D eigenvalue weighted by Crippen LogP contribution is 2.27. The molecule has 114 valence electrons. The molecule has 2 aromatic rings. The van der Waals surface area contributed by atoms with Crippen LogP contribution in [-0.2, 0) is 6.42 Å². The van der Waals surface area contributed by atoms with E-state index < -0.39 is 0 Å². The van der Waals surface area contributed by atoms with Crippen LogP contribution in [0, 0.1) is 0 Å². The first kappa shape index (κ1) is 14.4. The van der Waals surface area contributed by atoms with Gasteiger partial charge in [-0.25, -0.2) is 4.79 Å². The van der Waals surface area contributed by atoms with Gasteiger partial charge in [-0.15, -0.1) is 0 Å². The summed E-state index contributed by atoms with van der Waals surface area (Å²) >= 11 is 0. The van der Waals surface area contributed by atoms with Crippen LogP contribution in [0.2, 0.25) is 0 Å². The van der Waals surface area contributed by atoms with Gasteiger partial charge in [-0.05, 0) is 55.2 Å². The first-order valence-electron chi connectivity index (χ1n) is 7.58. The molecule has 2 amide bonds. The number of anilines is 2. The number of carbonyl (C=O) groups is 1. The molecule has 1 N–H and O–H groups in total. The van der Waals surface area contributed by atoms with Crippen molar-refractivity contribution in [1.82, 2.24) is 0 Å². The van der Waals surface area contributed by atoms with Crippen LogP contribution in [0.1, 0.15) is 18.4 Å². The average Bonchev–Trinajstić information content (AvgIpc) is 2.78. The lowest BCUT2D eigenvalue weighted by Crippen LogP contribution is -2.35. The van der Waals surface area contributed by atoms with Crippen LogP contribution in [0.25, 0.3) is 0 Å². The maximum absolute atomic E-state index is 12.6. The van der Waals surface area contributed by atoms with Crippen LogP contribution in [0.15, 0.2) is 48.5 Å². The molecule has 0 unspecified atom stereocenters. The Morgan fingerprint density at radius 1 is 1.09 bits per heavy atom. The van der Waals surface area contributed by atoms with Gasteiger partial charge < -0.3 is 10.1 Å². The summed E-state index contributed by atoms with van der Waals surface area (Å²) in [5, 5.41) is 2.96. The van der Waals surface area contributed by atoms with Gasteiger partial charge in [-0.3, -0.25) is 4.90 Å². The van der Waals surface area contributed by atoms with Crippen LogP contribution >= 0.6 is 0 Å². The Kier molecular flexibility index (Phi) is 4.28. The molecule has 1 aliphatic heterocycles. The van der Waals surface area contributed by atoms with Crippen molar-refractivity contribution in [1.29, 1.82) is 0 Å². The second kappa shape index (κ2) is 6.52. The molecule has 22 heavy (non-hydrogen) atoms. The summed E-state index contributed by atoms with van der Waals surface area (Å²) in [6.07, 6.45) is 3.16. The molecule has 0 saturated heterocycles. The monoisotopic (exact) mass is 296 g/mol. The Labute approximate surface area is 130 Å². The summed E-state index contributed by atoms with van der Waals surface area (Å²) in [5.74, 6) is 0.776. The van der Waals surface area contributed by atoms with E-state index in [1.807, 2.05) is 47.4 Å². The standard InChI is InChI=1S/C18H20N2O2/c1-22-16-11-9-15(10-12-16)19-18(21)20-13-5-4-7-14-6-2-3-8-17(14)20/h2-3,6,8-12H,4-5,7,13H2,1H3,(H,19,21). The Hall–Kier alpha value is -2.49. The summed E-state index contributed by atoms with van der Waals surface area (Å²) < 4.78 is 5.13. The van der Waals surface area contributed by atoms with Gasteiger partial charge in [0.05, 0.1) is 7.11 Å². The first-order valence-corrected chi connectivity index (χ1v) is 7.58. The lowest BCUT2D eigenvalue weighted by atomic mass is 10.1. The van der Waals surface area contributed by atoms with Gasteiger partial charge in [0.2, 0.25) is 0 Å². The van der Waals surface area contributed by atoms with Gasteiger partial charge >= 0.3 is 6.03 Å². The van der Waals surface area contributed by atoms with Crippen LogP contribution in [0.4, 0.5) is 16.2 Å². The van der Waals surface area contributed by atoms with Gasteiger partial charge in [0.15, 0.2) is 0 Å². The normalized spacial score (nSPS) is 14.0. The van der Waals surface area contributed by atoms with Gasteiger partial charge in [-0.1, -0.05) is 18.2 Å². The molecule has 2 aromatic carbocycles. The van der Waals surface area contributed by atoms with E-state index in [4.69, 9.17) is 4.74 Å². The van der Waals surface area contributed by atoms with E-state index in [9.17, 15) is 4.79 Å². The van der Waals surface area contributed by atoms with Crippen molar-refractivity contribution < 1.29 is 9.53 Å². The summed E-state index contributed by atoms with van der Waals surface area (Å²) in [6, 6.07) is 15.4. The van der Waals surface area contributed by atoms with Crippen molar-refractivity contribution in [2.24, 2.45) is 0 Å². The molecule has 0 saturated carbocycles. The number of methoxy groups -OCH3 is 1. The Morgan fingerprint density at radius 2 is 1.86 bits per heavy atom. The van der Waals surface area contributed by atoms with E-state index in [0.29, 0.717) is 0 Å². The molecule has 0 aromatic heterocycles. The van der Waals surface area contributed by atoms with Crippen molar-refractivity contribution in [3.05, 3.63) is 54.1 Å². The molecule has 1 heterocycles. The number of ether oxygens (including phenoxy) is 1. The Bertz CT molecular complexity index is 652. The molecule has 0 bridgehead atoms. The lowest BCUT2D eigenvalue weighted by molar-refractivity contribution is 0.257. The van der Waals surface area contributed by atoms with E-state index in [1.54, 1.807) is 7.11 Å². The van der Waals surface area contributed by atoms with Crippen molar-refractivity contribution in [3.63, 3.8) is 0 Å². The average molecular weight is 296 g/mol. The molecule has 1 aliphatic rings. The molecule has 0 atom stereocenters.